The van der Waals surface area contributed by atoms with Crippen LogP contribution in [0.4, 0.5) is 0 Å². The molecule has 27 heavy (non-hydrogen) atoms. The van der Waals surface area contributed by atoms with Gasteiger partial charge in [0.25, 0.3) is 0 Å². The summed E-state index contributed by atoms with van der Waals surface area (Å²) in [6, 6.07) is 4.05. The minimum Gasteiger partial charge on any atom is -0.359 e. The van der Waals surface area contributed by atoms with Gasteiger partial charge in [-0.25, -0.2) is 0 Å². The molecule has 2 heterocycles. The molecule has 7 heteroatoms. The lowest BCUT2D eigenvalue weighted by molar-refractivity contribution is 0.365. The Balaban J connectivity index is 1.84. The van der Waals surface area contributed by atoms with Crippen molar-refractivity contribution in [1.29, 1.82) is 0 Å². The van der Waals surface area contributed by atoms with Gasteiger partial charge >= 0.3 is 0 Å². The van der Waals surface area contributed by atoms with E-state index in [2.05, 4.69) is 53.6 Å². The highest BCUT2D eigenvalue weighted by Crippen LogP contribution is 2.23. The summed E-state index contributed by atoms with van der Waals surface area (Å²) in [6.07, 6.45) is 4.26. The van der Waals surface area contributed by atoms with Crippen molar-refractivity contribution in [3.8, 4) is 0 Å². The standard InChI is InChI=1S/C20H33N5O2/c1-6-14(7-2)18-10-16(26-24-18)12-22-20(21-5)23-13-17-11-19(25-27-17)15(8-3)9-4/h10-11,14-15H,6-9,12-13H2,1-5H3,(H2,21,22,23). The Morgan fingerprint density at radius 2 is 1.26 bits per heavy atom. The Hall–Kier alpha value is -2.31. The number of aromatic nitrogens is 2. The molecule has 0 aliphatic carbocycles. The molecule has 0 unspecified atom stereocenters. The van der Waals surface area contributed by atoms with Gasteiger partial charge in [-0.1, -0.05) is 38.0 Å². The van der Waals surface area contributed by atoms with Crippen LogP contribution >= 0.6 is 0 Å². The van der Waals surface area contributed by atoms with E-state index in [1.807, 2.05) is 12.1 Å². The quantitative estimate of drug-likeness (QED) is 0.474. The second-order valence-electron chi connectivity index (χ2n) is 6.74. The summed E-state index contributed by atoms with van der Waals surface area (Å²) in [4.78, 5) is 4.24. The smallest absolute Gasteiger partial charge is 0.191 e. The zero-order valence-electron chi connectivity index (χ0n) is 17.2. The molecule has 0 aromatic carbocycles. The van der Waals surface area contributed by atoms with Crippen molar-refractivity contribution in [3.63, 3.8) is 0 Å². The molecule has 0 amide bonds. The molecular weight excluding hydrogens is 342 g/mol. The van der Waals surface area contributed by atoms with E-state index in [4.69, 9.17) is 9.05 Å². The molecule has 0 spiro atoms. The normalized spacial score (nSPS) is 11.2. The highest BCUT2D eigenvalue weighted by atomic mass is 16.5. The first-order valence-electron chi connectivity index (χ1n) is 10.00. The van der Waals surface area contributed by atoms with Crippen molar-refractivity contribution in [2.45, 2.75) is 78.3 Å². The molecule has 2 N–H and O–H groups in total. The molecule has 0 aliphatic heterocycles. The number of guanidine groups is 1. The third-order valence-corrected chi connectivity index (χ3v) is 5.05. The number of aliphatic imine (C=N–C) groups is 1. The number of hydrogen-bond donors (Lipinski definition) is 2. The van der Waals surface area contributed by atoms with Gasteiger partial charge in [-0.3, -0.25) is 4.99 Å². The van der Waals surface area contributed by atoms with E-state index in [-0.39, 0.29) is 0 Å². The molecule has 0 aliphatic rings. The van der Waals surface area contributed by atoms with Crippen molar-refractivity contribution in [1.82, 2.24) is 20.9 Å². The molecule has 0 saturated heterocycles. The Labute approximate surface area is 162 Å². The monoisotopic (exact) mass is 375 g/mol. The van der Waals surface area contributed by atoms with Crippen LogP contribution in [0, 0.1) is 0 Å². The first-order chi connectivity index (χ1) is 13.1. The molecule has 0 bridgehead atoms. The molecule has 0 fully saturated rings. The zero-order chi connectivity index (χ0) is 19.6. The fourth-order valence-electron chi connectivity index (χ4n) is 3.19. The lowest BCUT2D eigenvalue weighted by atomic mass is 9.99. The van der Waals surface area contributed by atoms with Gasteiger partial charge in [0.05, 0.1) is 24.5 Å². The summed E-state index contributed by atoms with van der Waals surface area (Å²) in [5.41, 5.74) is 2.05. The summed E-state index contributed by atoms with van der Waals surface area (Å²) in [6.45, 7) is 9.75. The van der Waals surface area contributed by atoms with Gasteiger partial charge in [-0.2, -0.15) is 0 Å². The Morgan fingerprint density at radius 3 is 1.59 bits per heavy atom. The van der Waals surface area contributed by atoms with Crippen molar-refractivity contribution in [2.75, 3.05) is 7.05 Å². The fraction of sp³-hybridized carbons (Fsp3) is 0.650. The third-order valence-electron chi connectivity index (χ3n) is 5.05. The minimum atomic E-state index is 0.454. The molecule has 7 nitrogen and oxygen atoms in total. The lowest BCUT2D eigenvalue weighted by Crippen LogP contribution is -2.36. The van der Waals surface area contributed by atoms with Gasteiger partial charge < -0.3 is 19.7 Å². The van der Waals surface area contributed by atoms with Crippen molar-refractivity contribution >= 4 is 5.96 Å². The average molecular weight is 376 g/mol. The topological polar surface area (TPSA) is 88.5 Å². The minimum absolute atomic E-state index is 0.454. The fourth-order valence-corrected chi connectivity index (χ4v) is 3.19. The Bertz CT molecular complexity index is 643. The summed E-state index contributed by atoms with van der Waals surface area (Å²) in [5, 5.41) is 14.9. The van der Waals surface area contributed by atoms with E-state index in [1.54, 1.807) is 7.05 Å². The predicted octanol–water partition coefficient (Wildman–Crippen LogP) is 4.34. The van der Waals surface area contributed by atoms with Gasteiger partial charge in [0.15, 0.2) is 17.5 Å². The summed E-state index contributed by atoms with van der Waals surface area (Å²) < 4.78 is 10.9. The molecule has 0 atom stereocenters. The molecule has 2 aromatic heterocycles. The number of nitrogens with zero attached hydrogens (tertiary/aromatic N) is 3. The van der Waals surface area contributed by atoms with Crippen LogP contribution in [0.1, 0.15) is 88.1 Å². The van der Waals surface area contributed by atoms with Gasteiger partial charge in [-0.15, -0.1) is 0 Å². The zero-order valence-corrected chi connectivity index (χ0v) is 17.2. The van der Waals surface area contributed by atoms with Crippen LogP contribution in [0.3, 0.4) is 0 Å². The van der Waals surface area contributed by atoms with Crippen LogP contribution < -0.4 is 10.6 Å². The SMILES string of the molecule is CCC(CC)c1cc(CNC(=NC)NCc2cc(C(CC)CC)no2)on1. The van der Waals surface area contributed by atoms with E-state index in [0.717, 1.165) is 48.6 Å². The maximum Gasteiger partial charge on any atom is 0.191 e. The summed E-state index contributed by atoms with van der Waals surface area (Å²) in [5.74, 6) is 3.19. The summed E-state index contributed by atoms with van der Waals surface area (Å²) >= 11 is 0. The van der Waals surface area contributed by atoms with Crippen molar-refractivity contribution in [3.05, 3.63) is 35.0 Å². The third kappa shape index (κ3) is 5.84. The van der Waals surface area contributed by atoms with Gasteiger partial charge in [-0.05, 0) is 25.7 Å². The van der Waals surface area contributed by atoms with E-state index >= 15 is 0 Å². The van der Waals surface area contributed by atoms with Crippen molar-refractivity contribution < 1.29 is 9.05 Å². The van der Waals surface area contributed by atoms with Crippen LogP contribution in [0.25, 0.3) is 0 Å². The lowest BCUT2D eigenvalue weighted by Gasteiger charge is -2.09. The van der Waals surface area contributed by atoms with E-state index in [0.29, 0.717) is 30.9 Å². The molecule has 2 aromatic rings. The van der Waals surface area contributed by atoms with Gasteiger partial charge in [0, 0.05) is 31.0 Å². The van der Waals surface area contributed by atoms with Crippen LogP contribution in [-0.4, -0.2) is 23.3 Å². The number of rotatable bonds is 10. The predicted molar refractivity (Wildman–Crippen MR) is 107 cm³/mol. The molecule has 2 rings (SSSR count). The van der Waals surface area contributed by atoms with Crippen molar-refractivity contribution in [2.24, 2.45) is 4.99 Å². The van der Waals surface area contributed by atoms with Gasteiger partial charge in [0.1, 0.15) is 0 Å². The van der Waals surface area contributed by atoms with Gasteiger partial charge in [0.2, 0.25) is 0 Å². The van der Waals surface area contributed by atoms with E-state index in [1.165, 1.54) is 0 Å². The largest absolute Gasteiger partial charge is 0.359 e. The maximum atomic E-state index is 5.44. The second-order valence-corrected chi connectivity index (χ2v) is 6.74. The first kappa shape index (κ1) is 21.0. The highest BCUT2D eigenvalue weighted by molar-refractivity contribution is 5.79. The maximum absolute atomic E-state index is 5.44. The van der Waals surface area contributed by atoms with E-state index in [9.17, 15) is 0 Å². The number of nitrogens with one attached hydrogen (secondary N) is 2. The molecule has 0 radical (unpaired) electrons. The highest BCUT2D eigenvalue weighted by Gasteiger charge is 2.14. The summed E-state index contributed by atoms with van der Waals surface area (Å²) in [7, 11) is 1.74. The number of hydrogen-bond acceptors (Lipinski definition) is 5. The first-order valence-corrected chi connectivity index (χ1v) is 10.00. The van der Waals surface area contributed by atoms with Crippen LogP contribution in [0.15, 0.2) is 26.2 Å². The molecular formula is C20H33N5O2. The second kappa shape index (κ2) is 10.7. The Kier molecular flexibility index (Phi) is 8.36. The van der Waals surface area contributed by atoms with Crippen LogP contribution in [0.2, 0.25) is 0 Å². The molecule has 150 valence electrons. The van der Waals surface area contributed by atoms with Crippen LogP contribution in [-0.2, 0) is 13.1 Å². The van der Waals surface area contributed by atoms with Crippen LogP contribution in [0.5, 0.6) is 0 Å². The molecule has 0 saturated carbocycles. The Morgan fingerprint density at radius 1 is 0.852 bits per heavy atom. The average Bonchev–Trinajstić information content (AvgIpc) is 3.34. The van der Waals surface area contributed by atoms with E-state index < -0.39 is 0 Å².